The van der Waals surface area contributed by atoms with Crippen LogP contribution in [-0.2, 0) is 21.3 Å². The van der Waals surface area contributed by atoms with E-state index in [1.807, 2.05) is 24.6 Å². The molecule has 10 nitrogen and oxygen atoms in total. The van der Waals surface area contributed by atoms with Gasteiger partial charge in [-0.3, -0.25) is 9.69 Å². The number of sulfonamides is 1. The van der Waals surface area contributed by atoms with Crippen LogP contribution in [0.4, 0.5) is 0 Å². The monoisotopic (exact) mass is 503 g/mol. The number of rotatable bonds is 10. The third-order valence-electron chi connectivity index (χ3n) is 6.02. The molecule has 35 heavy (non-hydrogen) atoms. The summed E-state index contributed by atoms with van der Waals surface area (Å²) in [7, 11) is -3.78. The van der Waals surface area contributed by atoms with E-state index in [1.165, 1.54) is 12.1 Å². The van der Waals surface area contributed by atoms with Gasteiger partial charge in [0, 0.05) is 38.9 Å². The lowest BCUT2D eigenvalue weighted by Gasteiger charge is -2.26. The van der Waals surface area contributed by atoms with E-state index in [0.29, 0.717) is 48.7 Å². The molecule has 0 spiro atoms. The van der Waals surface area contributed by atoms with E-state index in [9.17, 15) is 13.2 Å². The molecule has 0 radical (unpaired) electrons. The van der Waals surface area contributed by atoms with Crippen LogP contribution in [0.3, 0.4) is 0 Å². The van der Waals surface area contributed by atoms with Gasteiger partial charge < -0.3 is 19.0 Å². The molecule has 0 unspecified atom stereocenters. The molecule has 1 aliphatic rings. The molecule has 1 aliphatic heterocycles. The molecule has 3 aromatic rings. The van der Waals surface area contributed by atoms with Crippen molar-refractivity contribution in [2.75, 3.05) is 46.0 Å². The zero-order chi connectivity index (χ0) is 25.0. The standard InChI is InChI=1S/C24H33N5O5S/c1-4-9-29-16-17(3)21-23(29)26-22(27-24(21)30)19-15-18(6-7-20(19)34-5-2)35(31,32)25-8-10-28-11-13-33-14-12-28/h6-7,15-16,25H,4-5,8-14H2,1-3H3,(H,26,27,30). The van der Waals surface area contributed by atoms with E-state index >= 15 is 0 Å². The van der Waals surface area contributed by atoms with Crippen LogP contribution in [-0.4, -0.2) is 73.9 Å². The van der Waals surface area contributed by atoms with Gasteiger partial charge in [0.1, 0.15) is 17.2 Å². The van der Waals surface area contributed by atoms with Crippen molar-refractivity contribution in [3.05, 3.63) is 40.3 Å². The van der Waals surface area contributed by atoms with Crippen molar-refractivity contribution >= 4 is 21.1 Å². The van der Waals surface area contributed by atoms with E-state index in [2.05, 4.69) is 21.5 Å². The molecule has 1 fully saturated rings. The molecule has 0 bridgehead atoms. The van der Waals surface area contributed by atoms with Crippen molar-refractivity contribution in [2.45, 2.75) is 38.6 Å². The fourth-order valence-corrected chi connectivity index (χ4v) is 5.36. The lowest BCUT2D eigenvalue weighted by Crippen LogP contribution is -2.41. The van der Waals surface area contributed by atoms with Crippen molar-refractivity contribution in [1.82, 2.24) is 24.2 Å². The summed E-state index contributed by atoms with van der Waals surface area (Å²) in [4.78, 5) is 22.8. The molecule has 4 rings (SSSR count). The summed E-state index contributed by atoms with van der Waals surface area (Å²) in [6, 6.07) is 4.62. The average Bonchev–Trinajstić information content (AvgIpc) is 3.15. The molecule has 0 amide bonds. The van der Waals surface area contributed by atoms with E-state index in [4.69, 9.17) is 14.5 Å². The Morgan fingerprint density at radius 1 is 1.20 bits per heavy atom. The normalized spacial score (nSPS) is 15.1. The molecule has 0 saturated carbocycles. The number of hydrogen-bond donors (Lipinski definition) is 2. The number of aromatic amines is 1. The Bertz CT molecular complexity index is 1340. The van der Waals surface area contributed by atoms with E-state index < -0.39 is 10.0 Å². The lowest BCUT2D eigenvalue weighted by molar-refractivity contribution is 0.0390. The van der Waals surface area contributed by atoms with Gasteiger partial charge in [0.2, 0.25) is 10.0 Å². The lowest BCUT2D eigenvalue weighted by atomic mass is 10.1. The molecule has 3 heterocycles. The highest BCUT2D eigenvalue weighted by Crippen LogP contribution is 2.31. The van der Waals surface area contributed by atoms with Crippen molar-refractivity contribution in [3.63, 3.8) is 0 Å². The van der Waals surface area contributed by atoms with Crippen molar-refractivity contribution in [1.29, 1.82) is 0 Å². The number of ether oxygens (including phenoxy) is 2. The predicted octanol–water partition coefficient (Wildman–Crippen LogP) is 2.12. The fraction of sp³-hybridized carbons (Fsp3) is 0.500. The number of H-pyrrole nitrogens is 1. The van der Waals surface area contributed by atoms with Gasteiger partial charge in [0.25, 0.3) is 5.56 Å². The molecule has 0 aliphatic carbocycles. The number of nitrogens with one attached hydrogen (secondary N) is 2. The minimum absolute atomic E-state index is 0.0841. The topological polar surface area (TPSA) is 119 Å². The van der Waals surface area contributed by atoms with Crippen LogP contribution < -0.4 is 15.0 Å². The molecule has 190 valence electrons. The first-order valence-electron chi connectivity index (χ1n) is 12.0. The number of aromatic nitrogens is 3. The zero-order valence-electron chi connectivity index (χ0n) is 20.5. The Morgan fingerprint density at radius 3 is 2.69 bits per heavy atom. The molecule has 1 saturated heterocycles. The van der Waals surface area contributed by atoms with Gasteiger partial charge in [0.05, 0.1) is 35.7 Å². The minimum Gasteiger partial charge on any atom is -0.493 e. The number of hydrogen-bond acceptors (Lipinski definition) is 7. The highest BCUT2D eigenvalue weighted by molar-refractivity contribution is 7.89. The van der Waals surface area contributed by atoms with Crippen molar-refractivity contribution in [3.8, 4) is 17.1 Å². The smallest absolute Gasteiger partial charge is 0.260 e. The van der Waals surface area contributed by atoms with Crippen LogP contribution in [0.2, 0.25) is 0 Å². The Morgan fingerprint density at radius 2 is 1.97 bits per heavy atom. The first-order valence-corrected chi connectivity index (χ1v) is 13.5. The van der Waals surface area contributed by atoms with Gasteiger partial charge in [-0.25, -0.2) is 18.1 Å². The quantitative estimate of drug-likeness (QED) is 0.435. The molecular formula is C24H33N5O5S. The maximum absolute atomic E-state index is 13.1. The molecule has 1 aromatic carbocycles. The highest BCUT2D eigenvalue weighted by Gasteiger charge is 2.21. The number of nitrogens with zero attached hydrogens (tertiary/aromatic N) is 3. The van der Waals surface area contributed by atoms with Crippen molar-refractivity contribution < 1.29 is 17.9 Å². The molecule has 2 aromatic heterocycles. The fourth-order valence-electron chi connectivity index (χ4n) is 4.31. The molecular weight excluding hydrogens is 470 g/mol. The summed E-state index contributed by atoms with van der Waals surface area (Å²) in [5.41, 5.74) is 1.57. The first-order chi connectivity index (χ1) is 16.8. The van der Waals surface area contributed by atoms with Crippen LogP contribution in [0.1, 0.15) is 25.8 Å². The maximum Gasteiger partial charge on any atom is 0.260 e. The van der Waals surface area contributed by atoms with E-state index in [0.717, 1.165) is 31.6 Å². The summed E-state index contributed by atoms with van der Waals surface area (Å²) in [6.45, 7) is 10.7. The minimum atomic E-state index is -3.78. The summed E-state index contributed by atoms with van der Waals surface area (Å²) in [5.74, 6) is 0.722. The van der Waals surface area contributed by atoms with Crippen LogP contribution in [0, 0.1) is 6.92 Å². The Labute approximate surface area is 205 Å². The summed E-state index contributed by atoms with van der Waals surface area (Å²) in [6.07, 6.45) is 2.81. The SMILES string of the molecule is CCCn1cc(C)c2c(=O)[nH]c(-c3cc(S(=O)(=O)NCCN4CCOCC4)ccc3OCC)nc21. The van der Waals surface area contributed by atoms with Crippen LogP contribution in [0.25, 0.3) is 22.4 Å². The second-order valence-electron chi connectivity index (χ2n) is 8.56. The highest BCUT2D eigenvalue weighted by atomic mass is 32.2. The summed E-state index contributed by atoms with van der Waals surface area (Å²) >= 11 is 0. The van der Waals surface area contributed by atoms with Crippen LogP contribution in [0.15, 0.2) is 34.1 Å². The Hall–Kier alpha value is -2.73. The van der Waals surface area contributed by atoms with Crippen LogP contribution in [0.5, 0.6) is 5.75 Å². The molecule has 11 heteroatoms. The van der Waals surface area contributed by atoms with Gasteiger partial charge in [-0.1, -0.05) is 6.92 Å². The summed E-state index contributed by atoms with van der Waals surface area (Å²) in [5, 5.41) is 0.536. The third-order valence-corrected chi connectivity index (χ3v) is 7.48. The third kappa shape index (κ3) is 5.58. The van der Waals surface area contributed by atoms with Gasteiger partial charge in [-0.2, -0.15) is 0 Å². The van der Waals surface area contributed by atoms with E-state index in [1.54, 1.807) is 6.07 Å². The van der Waals surface area contributed by atoms with Gasteiger partial charge >= 0.3 is 0 Å². The first kappa shape index (κ1) is 25.4. The summed E-state index contributed by atoms with van der Waals surface area (Å²) < 4.78 is 41.8. The van der Waals surface area contributed by atoms with Gasteiger partial charge in [-0.05, 0) is 44.0 Å². The number of fused-ring (bicyclic) bond motifs is 1. The average molecular weight is 504 g/mol. The maximum atomic E-state index is 13.1. The molecule has 2 N–H and O–H groups in total. The zero-order valence-corrected chi connectivity index (χ0v) is 21.3. The number of morpholine rings is 1. The number of benzene rings is 1. The van der Waals surface area contributed by atoms with Crippen molar-refractivity contribution in [2.24, 2.45) is 0 Å². The Balaban J connectivity index is 1.68. The van der Waals surface area contributed by atoms with Crippen LogP contribution >= 0.6 is 0 Å². The van der Waals surface area contributed by atoms with Gasteiger partial charge in [0.15, 0.2) is 0 Å². The Kier molecular flexibility index (Phi) is 7.90. The second kappa shape index (κ2) is 10.9. The van der Waals surface area contributed by atoms with E-state index in [-0.39, 0.29) is 22.8 Å². The molecule has 0 atom stereocenters. The largest absolute Gasteiger partial charge is 0.493 e. The van der Waals surface area contributed by atoms with Gasteiger partial charge in [-0.15, -0.1) is 0 Å². The second-order valence-corrected chi connectivity index (χ2v) is 10.3. The predicted molar refractivity (Wildman–Crippen MR) is 134 cm³/mol. The number of aryl methyl sites for hydroxylation is 2.